The SMILES string of the molecule is CC(C)(C)NC(=O)c1ccc2cnncc2c1. The topological polar surface area (TPSA) is 54.9 Å². The molecule has 2 aromatic rings. The first kappa shape index (κ1) is 11.5. The Bertz CT molecular complexity index is 558. The monoisotopic (exact) mass is 229 g/mol. The van der Waals surface area contributed by atoms with Gasteiger partial charge in [-0.1, -0.05) is 6.07 Å². The van der Waals surface area contributed by atoms with Gasteiger partial charge in [0.1, 0.15) is 0 Å². The van der Waals surface area contributed by atoms with Crippen molar-refractivity contribution in [2.45, 2.75) is 26.3 Å². The highest BCUT2D eigenvalue weighted by atomic mass is 16.1. The lowest BCUT2D eigenvalue weighted by Crippen LogP contribution is -2.40. The lowest BCUT2D eigenvalue weighted by Gasteiger charge is -2.20. The zero-order valence-corrected chi connectivity index (χ0v) is 10.2. The highest BCUT2D eigenvalue weighted by Gasteiger charge is 2.15. The van der Waals surface area contributed by atoms with Crippen LogP contribution in [-0.4, -0.2) is 21.6 Å². The van der Waals surface area contributed by atoms with E-state index in [0.717, 1.165) is 10.8 Å². The van der Waals surface area contributed by atoms with Crippen molar-refractivity contribution in [1.29, 1.82) is 0 Å². The van der Waals surface area contributed by atoms with Crippen molar-refractivity contribution < 1.29 is 4.79 Å². The predicted octanol–water partition coefficient (Wildman–Crippen LogP) is 2.16. The smallest absolute Gasteiger partial charge is 0.251 e. The molecular formula is C13H15N3O. The molecule has 0 aliphatic heterocycles. The standard InChI is InChI=1S/C13H15N3O/c1-13(2,3)16-12(17)9-4-5-10-7-14-15-8-11(10)6-9/h4-8H,1-3H3,(H,16,17). The Morgan fingerprint density at radius 2 is 1.76 bits per heavy atom. The van der Waals surface area contributed by atoms with Gasteiger partial charge in [-0.25, -0.2) is 0 Å². The van der Waals surface area contributed by atoms with Crippen molar-refractivity contribution in [1.82, 2.24) is 15.5 Å². The normalized spacial score (nSPS) is 11.5. The van der Waals surface area contributed by atoms with Crippen molar-refractivity contribution >= 4 is 16.7 Å². The molecule has 0 radical (unpaired) electrons. The number of hydrogen-bond donors (Lipinski definition) is 1. The van der Waals surface area contributed by atoms with Crippen LogP contribution in [0.5, 0.6) is 0 Å². The summed E-state index contributed by atoms with van der Waals surface area (Å²) in [5.41, 5.74) is 0.406. The number of nitrogens with zero attached hydrogens (tertiary/aromatic N) is 2. The summed E-state index contributed by atoms with van der Waals surface area (Å²) >= 11 is 0. The number of carbonyl (C=O) groups is 1. The second-order valence-corrected chi connectivity index (χ2v) is 5.04. The average Bonchev–Trinajstić information content (AvgIpc) is 2.26. The molecule has 0 unspecified atom stereocenters. The Labute approximate surface area is 100 Å². The fourth-order valence-corrected chi connectivity index (χ4v) is 1.55. The minimum atomic E-state index is -0.234. The molecule has 0 bridgehead atoms. The lowest BCUT2D eigenvalue weighted by atomic mass is 10.1. The van der Waals surface area contributed by atoms with E-state index in [2.05, 4.69) is 15.5 Å². The Balaban J connectivity index is 2.33. The van der Waals surface area contributed by atoms with Crippen molar-refractivity contribution in [3.8, 4) is 0 Å². The number of nitrogens with one attached hydrogen (secondary N) is 1. The number of benzene rings is 1. The Kier molecular flexibility index (Phi) is 2.79. The molecule has 88 valence electrons. The van der Waals surface area contributed by atoms with Crippen LogP contribution in [0, 0.1) is 0 Å². The second-order valence-electron chi connectivity index (χ2n) is 5.04. The molecule has 1 N–H and O–H groups in total. The summed E-state index contributed by atoms with van der Waals surface area (Å²) in [4.78, 5) is 12.0. The number of amides is 1. The van der Waals surface area contributed by atoms with E-state index in [1.807, 2.05) is 32.9 Å². The van der Waals surface area contributed by atoms with E-state index in [1.54, 1.807) is 18.5 Å². The van der Waals surface area contributed by atoms with Crippen LogP contribution in [0.15, 0.2) is 30.6 Å². The molecule has 4 heteroatoms. The Morgan fingerprint density at radius 1 is 1.12 bits per heavy atom. The van der Waals surface area contributed by atoms with Crippen LogP contribution in [0.4, 0.5) is 0 Å². The summed E-state index contributed by atoms with van der Waals surface area (Å²) in [6.07, 6.45) is 3.34. The van der Waals surface area contributed by atoms with Gasteiger partial charge in [0.05, 0.1) is 12.4 Å². The van der Waals surface area contributed by atoms with Gasteiger partial charge in [0, 0.05) is 21.9 Å². The van der Waals surface area contributed by atoms with Gasteiger partial charge in [0.25, 0.3) is 5.91 Å². The third-order valence-corrected chi connectivity index (χ3v) is 2.30. The van der Waals surface area contributed by atoms with Gasteiger partial charge in [-0.3, -0.25) is 4.79 Å². The van der Waals surface area contributed by atoms with Crippen molar-refractivity contribution in [2.75, 3.05) is 0 Å². The van der Waals surface area contributed by atoms with E-state index in [1.165, 1.54) is 0 Å². The first-order chi connectivity index (χ1) is 7.96. The summed E-state index contributed by atoms with van der Waals surface area (Å²) in [5, 5.41) is 12.4. The maximum Gasteiger partial charge on any atom is 0.251 e. The summed E-state index contributed by atoms with van der Waals surface area (Å²) in [6.45, 7) is 5.87. The maximum atomic E-state index is 12.0. The molecule has 1 heterocycles. The molecule has 0 aliphatic rings. The van der Waals surface area contributed by atoms with Crippen LogP contribution in [0.25, 0.3) is 10.8 Å². The van der Waals surface area contributed by atoms with E-state index < -0.39 is 0 Å². The molecule has 17 heavy (non-hydrogen) atoms. The highest BCUT2D eigenvalue weighted by Crippen LogP contribution is 2.14. The predicted molar refractivity (Wildman–Crippen MR) is 66.8 cm³/mol. The summed E-state index contributed by atoms with van der Waals surface area (Å²) in [6, 6.07) is 5.50. The molecule has 1 aromatic carbocycles. The van der Waals surface area contributed by atoms with Crippen molar-refractivity contribution in [3.05, 3.63) is 36.2 Å². The molecule has 0 saturated carbocycles. The molecular weight excluding hydrogens is 214 g/mol. The number of hydrogen-bond acceptors (Lipinski definition) is 3. The largest absolute Gasteiger partial charge is 0.347 e. The third kappa shape index (κ3) is 2.78. The third-order valence-electron chi connectivity index (χ3n) is 2.30. The van der Waals surface area contributed by atoms with Crippen LogP contribution in [0.3, 0.4) is 0 Å². The average molecular weight is 229 g/mol. The molecule has 0 fully saturated rings. The fraction of sp³-hybridized carbons (Fsp3) is 0.308. The molecule has 0 spiro atoms. The quantitative estimate of drug-likeness (QED) is 0.815. The second kappa shape index (κ2) is 4.13. The zero-order valence-electron chi connectivity index (χ0n) is 10.2. The van der Waals surface area contributed by atoms with Gasteiger partial charge in [-0.2, -0.15) is 10.2 Å². The van der Waals surface area contributed by atoms with Gasteiger partial charge < -0.3 is 5.32 Å². The van der Waals surface area contributed by atoms with E-state index in [-0.39, 0.29) is 11.4 Å². The van der Waals surface area contributed by atoms with Gasteiger partial charge >= 0.3 is 0 Å². The number of aromatic nitrogens is 2. The van der Waals surface area contributed by atoms with Crippen LogP contribution in [0.1, 0.15) is 31.1 Å². The van der Waals surface area contributed by atoms with E-state index in [4.69, 9.17) is 0 Å². The van der Waals surface area contributed by atoms with E-state index >= 15 is 0 Å². The molecule has 1 aromatic heterocycles. The first-order valence-electron chi connectivity index (χ1n) is 5.49. The minimum Gasteiger partial charge on any atom is -0.347 e. The zero-order chi connectivity index (χ0) is 12.5. The lowest BCUT2D eigenvalue weighted by molar-refractivity contribution is 0.0919. The number of fused-ring (bicyclic) bond motifs is 1. The Morgan fingerprint density at radius 3 is 2.41 bits per heavy atom. The first-order valence-corrected chi connectivity index (χ1v) is 5.49. The summed E-state index contributed by atoms with van der Waals surface area (Å²) in [7, 11) is 0. The van der Waals surface area contributed by atoms with E-state index in [0.29, 0.717) is 5.56 Å². The summed E-state index contributed by atoms with van der Waals surface area (Å²) in [5.74, 6) is -0.0730. The molecule has 2 rings (SSSR count). The molecule has 4 nitrogen and oxygen atoms in total. The van der Waals surface area contributed by atoms with Crippen LogP contribution in [-0.2, 0) is 0 Å². The fourth-order valence-electron chi connectivity index (χ4n) is 1.55. The maximum absolute atomic E-state index is 12.0. The van der Waals surface area contributed by atoms with E-state index in [9.17, 15) is 4.79 Å². The highest BCUT2D eigenvalue weighted by molar-refractivity contribution is 5.98. The Hall–Kier alpha value is -1.97. The number of rotatable bonds is 1. The number of carbonyl (C=O) groups excluding carboxylic acids is 1. The van der Waals surface area contributed by atoms with Gasteiger partial charge in [0.2, 0.25) is 0 Å². The van der Waals surface area contributed by atoms with Crippen LogP contribution in [0.2, 0.25) is 0 Å². The van der Waals surface area contributed by atoms with Crippen molar-refractivity contribution in [2.24, 2.45) is 0 Å². The molecule has 0 atom stereocenters. The molecule has 0 aliphatic carbocycles. The van der Waals surface area contributed by atoms with Crippen LogP contribution >= 0.6 is 0 Å². The van der Waals surface area contributed by atoms with Crippen LogP contribution < -0.4 is 5.32 Å². The van der Waals surface area contributed by atoms with Gasteiger partial charge in [-0.05, 0) is 32.9 Å². The molecule has 0 saturated heterocycles. The molecule has 1 amide bonds. The summed E-state index contributed by atoms with van der Waals surface area (Å²) < 4.78 is 0. The minimum absolute atomic E-state index is 0.0730. The van der Waals surface area contributed by atoms with Crippen molar-refractivity contribution in [3.63, 3.8) is 0 Å². The van der Waals surface area contributed by atoms with Gasteiger partial charge in [0.15, 0.2) is 0 Å². The van der Waals surface area contributed by atoms with Gasteiger partial charge in [-0.15, -0.1) is 0 Å².